The van der Waals surface area contributed by atoms with Crippen LogP contribution in [0.4, 0.5) is 0 Å². The Balaban J connectivity index is 1.81. The van der Waals surface area contributed by atoms with Crippen LogP contribution < -0.4 is 20.1 Å². The first-order valence-corrected chi connectivity index (χ1v) is 10.2. The van der Waals surface area contributed by atoms with E-state index in [1.165, 1.54) is 43.2 Å². The Morgan fingerprint density at radius 2 is 1.77 bits per heavy atom. The summed E-state index contributed by atoms with van der Waals surface area (Å²) in [6, 6.07) is 14.7. The van der Waals surface area contributed by atoms with Crippen molar-refractivity contribution in [1.29, 1.82) is 0 Å². The molecule has 140 valence electrons. The van der Waals surface area contributed by atoms with Crippen LogP contribution in [0.15, 0.2) is 42.5 Å². The Kier molecular flexibility index (Phi) is 7.31. The summed E-state index contributed by atoms with van der Waals surface area (Å²) in [6.45, 7) is 3.69. The minimum atomic E-state index is 0.249. The number of hydrogen-bond donors (Lipinski definition) is 0. The molecule has 1 atom stereocenters. The van der Waals surface area contributed by atoms with Crippen molar-refractivity contribution in [1.82, 2.24) is 4.90 Å². The highest BCUT2D eigenvalue weighted by atomic mass is 31.1. The van der Waals surface area contributed by atoms with E-state index in [4.69, 9.17) is 14.2 Å². The molecule has 0 spiro atoms. The molecule has 1 fully saturated rings. The number of benzene rings is 2. The number of rotatable bonds is 8. The van der Waals surface area contributed by atoms with Crippen LogP contribution in [0.3, 0.4) is 0 Å². The van der Waals surface area contributed by atoms with Crippen molar-refractivity contribution in [3.63, 3.8) is 0 Å². The third-order valence-electron chi connectivity index (χ3n) is 4.65. The smallest absolute Gasteiger partial charge is 0.188 e. The Bertz CT molecular complexity index is 701. The van der Waals surface area contributed by atoms with Crippen molar-refractivity contribution in [3.05, 3.63) is 48.0 Å². The predicted octanol–water partition coefficient (Wildman–Crippen LogP) is 3.29. The van der Waals surface area contributed by atoms with Gasteiger partial charge in [0.05, 0.1) is 7.11 Å². The van der Waals surface area contributed by atoms with Gasteiger partial charge in [-0.3, -0.25) is 4.90 Å². The first kappa shape index (κ1) is 19.2. The van der Waals surface area contributed by atoms with Gasteiger partial charge >= 0.3 is 0 Å². The summed E-state index contributed by atoms with van der Waals surface area (Å²) in [5.41, 5.74) is 1.41. The molecule has 1 heterocycles. The number of nitrogens with zero attached hydrogens (tertiary/aromatic N) is 1. The van der Waals surface area contributed by atoms with Gasteiger partial charge in [-0.1, -0.05) is 39.3 Å². The summed E-state index contributed by atoms with van der Waals surface area (Å²) in [5, 5.41) is 2.51. The second-order valence-electron chi connectivity index (χ2n) is 6.53. The maximum Gasteiger partial charge on any atom is 0.188 e. The van der Waals surface area contributed by atoms with Crippen LogP contribution in [-0.2, 0) is 11.3 Å². The van der Waals surface area contributed by atoms with Crippen LogP contribution in [0.5, 0.6) is 11.5 Å². The Morgan fingerprint density at radius 3 is 2.54 bits per heavy atom. The van der Waals surface area contributed by atoms with Gasteiger partial charge in [-0.25, -0.2) is 0 Å². The van der Waals surface area contributed by atoms with Crippen LogP contribution in [0, 0.1) is 0 Å². The molecule has 4 nitrogen and oxygen atoms in total. The summed E-state index contributed by atoms with van der Waals surface area (Å²) < 4.78 is 16.3. The topological polar surface area (TPSA) is 30.9 Å². The Hall–Kier alpha value is -1.61. The highest BCUT2D eigenvalue weighted by molar-refractivity contribution is 7.55. The van der Waals surface area contributed by atoms with E-state index in [0.29, 0.717) is 8.58 Å². The lowest BCUT2D eigenvalue weighted by Crippen LogP contribution is -2.30. The highest BCUT2D eigenvalue weighted by Crippen LogP contribution is 2.25. The molecule has 2 aromatic carbocycles. The largest absolute Gasteiger partial charge is 0.497 e. The van der Waals surface area contributed by atoms with E-state index in [9.17, 15) is 0 Å². The quantitative estimate of drug-likeness (QED) is 0.525. The van der Waals surface area contributed by atoms with E-state index < -0.39 is 0 Å². The summed E-state index contributed by atoms with van der Waals surface area (Å²) in [5.74, 6) is 1.71. The maximum atomic E-state index is 5.77. The van der Waals surface area contributed by atoms with Crippen LogP contribution in [0.1, 0.15) is 24.8 Å². The standard InChI is InChI=1S/C21H28NO3P/c1-23-16-25-19-11-10-18(24-2)14-21(19)26-20-9-5-4-8-17(20)15-22-12-6-3-7-13-22/h4-5,8-11,14,26H,3,6-7,12-13,15-16H2,1-2H3. The van der Waals surface area contributed by atoms with Crippen molar-refractivity contribution in [2.24, 2.45) is 0 Å². The molecule has 1 unspecified atom stereocenters. The second-order valence-corrected chi connectivity index (χ2v) is 7.86. The van der Waals surface area contributed by atoms with Gasteiger partial charge in [-0.2, -0.15) is 0 Å². The van der Waals surface area contributed by atoms with Gasteiger partial charge < -0.3 is 14.2 Å². The molecule has 3 rings (SSSR count). The second kappa shape index (κ2) is 9.91. The van der Waals surface area contributed by atoms with E-state index in [1.54, 1.807) is 14.2 Å². The van der Waals surface area contributed by atoms with Crippen LogP contribution in [0.2, 0.25) is 0 Å². The minimum absolute atomic E-state index is 0.249. The zero-order valence-corrected chi connectivity index (χ0v) is 16.7. The molecule has 0 amide bonds. The first-order valence-electron chi connectivity index (χ1n) is 9.17. The lowest BCUT2D eigenvalue weighted by molar-refractivity contribution is 0.0519. The fourth-order valence-corrected chi connectivity index (χ4v) is 4.55. The molecule has 2 aromatic rings. The molecular weight excluding hydrogens is 345 g/mol. The van der Waals surface area contributed by atoms with E-state index in [2.05, 4.69) is 35.2 Å². The summed E-state index contributed by atoms with van der Waals surface area (Å²) in [6.07, 6.45) is 3.99. The van der Waals surface area contributed by atoms with Gasteiger partial charge in [0.2, 0.25) is 0 Å². The fraction of sp³-hybridized carbons (Fsp3) is 0.429. The first-order chi connectivity index (χ1) is 12.8. The SMILES string of the molecule is COCOc1ccc(OC)cc1Pc1ccccc1CN1CCCCC1. The average Bonchev–Trinajstić information content (AvgIpc) is 2.69. The van der Waals surface area contributed by atoms with Gasteiger partial charge in [0.15, 0.2) is 6.79 Å². The van der Waals surface area contributed by atoms with E-state index in [1.807, 2.05) is 12.1 Å². The van der Waals surface area contributed by atoms with Gasteiger partial charge in [0, 0.05) is 19.0 Å². The zero-order valence-electron chi connectivity index (χ0n) is 15.7. The molecule has 0 radical (unpaired) electrons. The van der Waals surface area contributed by atoms with Crippen LogP contribution in [-0.4, -0.2) is 39.0 Å². The van der Waals surface area contributed by atoms with Crippen molar-refractivity contribution >= 4 is 19.2 Å². The Morgan fingerprint density at radius 1 is 0.962 bits per heavy atom. The van der Waals surface area contributed by atoms with Gasteiger partial charge in [0.1, 0.15) is 11.5 Å². The molecule has 1 saturated heterocycles. The normalized spacial score (nSPS) is 15.5. The molecule has 0 aliphatic carbocycles. The van der Waals surface area contributed by atoms with Crippen molar-refractivity contribution < 1.29 is 14.2 Å². The summed E-state index contributed by atoms with van der Waals surface area (Å²) >= 11 is 0. The third kappa shape index (κ3) is 5.20. The molecule has 26 heavy (non-hydrogen) atoms. The van der Waals surface area contributed by atoms with Crippen LogP contribution in [0.25, 0.3) is 0 Å². The monoisotopic (exact) mass is 373 g/mol. The molecule has 1 aliphatic rings. The highest BCUT2D eigenvalue weighted by Gasteiger charge is 2.14. The molecule has 0 bridgehead atoms. The molecular formula is C21H28NO3P. The summed E-state index contributed by atoms with van der Waals surface area (Å²) in [7, 11) is 3.85. The number of piperidine rings is 1. The number of hydrogen-bond acceptors (Lipinski definition) is 4. The maximum absolute atomic E-state index is 5.77. The van der Waals surface area contributed by atoms with Crippen molar-refractivity contribution in [2.45, 2.75) is 25.8 Å². The molecule has 0 aromatic heterocycles. The van der Waals surface area contributed by atoms with Gasteiger partial charge in [-0.15, -0.1) is 0 Å². The van der Waals surface area contributed by atoms with E-state index in [0.717, 1.165) is 23.3 Å². The molecule has 0 N–H and O–H groups in total. The summed E-state index contributed by atoms with van der Waals surface area (Å²) in [4.78, 5) is 2.57. The lowest BCUT2D eigenvalue weighted by Gasteiger charge is -2.27. The van der Waals surface area contributed by atoms with Crippen molar-refractivity contribution in [3.8, 4) is 11.5 Å². The molecule has 5 heteroatoms. The fourth-order valence-electron chi connectivity index (χ4n) is 3.27. The Labute approximate surface area is 158 Å². The van der Waals surface area contributed by atoms with Crippen molar-refractivity contribution in [2.75, 3.05) is 34.1 Å². The van der Waals surface area contributed by atoms with Gasteiger partial charge in [-0.05, 0) is 55.0 Å². The van der Waals surface area contributed by atoms with E-state index >= 15 is 0 Å². The number of likely N-dealkylation sites (tertiary alicyclic amines) is 1. The van der Waals surface area contributed by atoms with E-state index in [-0.39, 0.29) is 6.79 Å². The lowest BCUT2D eigenvalue weighted by atomic mass is 10.1. The van der Waals surface area contributed by atoms with Gasteiger partial charge in [0.25, 0.3) is 0 Å². The zero-order chi connectivity index (χ0) is 18.2. The average molecular weight is 373 g/mol. The third-order valence-corrected chi connectivity index (χ3v) is 6.07. The predicted molar refractivity (Wildman–Crippen MR) is 109 cm³/mol. The minimum Gasteiger partial charge on any atom is -0.497 e. The molecule has 1 aliphatic heterocycles. The van der Waals surface area contributed by atoms with Crippen LogP contribution >= 0.6 is 8.58 Å². The molecule has 0 saturated carbocycles. The number of ether oxygens (including phenoxy) is 3. The number of methoxy groups -OCH3 is 2.